The summed E-state index contributed by atoms with van der Waals surface area (Å²) in [6.07, 6.45) is -0.259. The predicted octanol–water partition coefficient (Wildman–Crippen LogP) is 0.718. The molecule has 0 aromatic carbocycles. The number of esters is 2. The maximum absolute atomic E-state index is 13.4. The van der Waals surface area contributed by atoms with Crippen molar-refractivity contribution in [3.8, 4) is 0 Å². The second kappa shape index (κ2) is 3.16. The van der Waals surface area contributed by atoms with Crippen LogP contribution in [0.3, 0.4) is 0 Å². The van der Waals surface area contributed by atoms with Gasteiger partial charge in [-0.3, -0.25) is 0 Å². The summed E-state index contributed by atoms with van der Waals surface area (Å²) in [7, 11) is 0. The van der Waals surface area contributed by atoms with Crippen LogP contribution < -0.4 is 0 Å². The number of rotatable bonds is 2. The molecule has 1 atom stereocenters. The molecule has 0 amide bonds. The maximum Gasteiger partial charge on any atom is 0.384 e. The highest BCUT2D eigenvalue weighted by Crippen LogP contribution is 2.26. The fraction of sp³-hybridized carbons (Fsp3) is 0.500. The van der Waals surface area contributed by atoms with E-state index >= 15 is 0 Å². The topological polar surface area (TPSA) is 52.6 Å². The van der Waals surface area contributed by atoms with E-state index in [1.54, 1.807) is 0 Å². The fourth-order valence-corrected chi connectivity index (χ4v) is 0.812. The van der Waals surface area contributed by atoms with Crippen molar-refractivity contribution >= 4 is 11.9 Å². The molecule has 0 N–H and O–H groups in total. The second-order valence-corrected chi connectivity index (χ2v) is 2.78. The van der Waals surface area contributed by atoms with Crippen molar-refractivity contribution in [3.05, 3.63) is 12.2 Å². The Morgan fingerprint density at radius 1 is 1.77 bits per heavy atom. The number of hydrogen-bond donors (Lipinski definition) is 0. The standard InChI is InChI=1S/C8H9FO4/c1-5(2)6(10)13-8(9)3-4-12-7(8)11/h1,3-4H2,2H3. The third-order valence-electron chi connectivity index (χ3n) is 1.56. The smallest absolute Gasteiger partial charge is 0.384 e. The van der Waals surface area contributed by atoms with Gasteiger partial charge in [0, 0.05) is 5.57 Å². The number of halogens is 1. The molecule has 4 nitrogen and oxygen atoms in total. The molecule has 1 unspecified atom stereocenters. The van der Waals surface area contributed by atoms with Gasteiger partial charge in [-0.05, 0) is 6.92 Å². The minimum Gasteiger partial charge on any atom is -0.460 e. The first-order chi connectivity index (χ1) is 5.96. The summed E-state index contributed by atoms with van der Waals surface area (Å²) in [4.78, 5) is 21.6. The van der Waals surface area contributed by atoms with Crippen LogP contribution in [-0.2, 0) is 19.1 Å². The van der Waals surface area contributed by atoms with E-state index in [1.807, 2.05) is 0 Å². The van der Waals surface area contributed by atoms with E-state index in [0.717, 1.165) is 0 Å². The molecule has 0 aliphatic carbocycles. The Labute approximate surface area is 74.3 Å². The molecule has 0 aromatic heterocycles. The van der Waals surface area contributed by atoms with E-state index in [-0.39, 0.29) is 18.6 Å². The van der Waals surface area contributed by atoms with Crippen LogP contribution in [0.5, 0.6) is 0 Å². The lowest BCUT2D eigenvalue weighted by Crippen LogP contribution is -2.35. The minimum absolute atomic E-state index is 0.0386. The normalized spacial score (nSPS) is 26.8. The van der Waals surface area contributed by atoms with Gasteiger partial charge in [-0.15, -0.1) is 0 Å². The molecule has 13 heavy (non-hydrogen) atoms. The molecule has 1 saturated heterocycles. The number of cyclic esters (lactones) is 1. The molecule has 1 rings (SSSR count). The Balaban J connectivity index is 2.67. The van der Waals surface area contributed by atoms with Crippen molar-refractivity contribution in [1.82, 2.24) is 0 Å². The molecular weight excluding hydrogens is 179 g/mol. The fourth-order valence-electron chi connectivity index (χ4n) is 0.812. The van der Waals surface area contributed by atoms with Crippen molar-refractivity contribution in [1.29, 1.82) is 0 Å². The Morgan fingerprint density at radius 3 is 2.77 bits per heavy atom. The molecule has 0 radical (unpaired) electrons. The highest BCUT2D eigenvalue weighted by atomic mass is 19.2. The largest absolute Gasteiger partial charge is 0.460 e. The van der Waals surface area contributed by atoms with Gasteiger partial charge < -0.3 is 9.47 Å². The van der Waals surface area contributed by atoms with Crippen LogP contribution in [0.4, 0.5) is 4.39 Å². The Bertz CT molecular complexity index is 273. The number of alkyl halides is 1. The summed E-state index contributed by atoms with van der Waals surface area (Å²) >= 11 is 0. The average Bonchev–Trinajstić information content (AvgIpc) is 2.32. The Kier molecular flexibility index (Phi) is 2.36. The van der Waals surface area contributed by atoms with E-state index in [2.05, 4.69) is 16.1 Å². The third-order valence-corrected chi connectivity index (χ3v) is 1.56. The van der Waals surface area contributed by atoms with Crippen LogP contribution >= 0.6 is 0 Å². The van der Waals surface area contributed by atoms with Crippen LogP contribution in [0.25, 0.3) is 0 Å². The summed E-state index contributed by atoms with van der Waals surface area (Å²) in [6, 6.07) is 0. The van der Waals surface area contributed by atoms with E-state index in [9.17, 15) is 14.0 Å². The monoisotopic (exact) mass is 188 g/mol. The summed E-state index contributed by atoms with van der Waals surface area (Å²) in [5.41, 5.74) is 0.0386. The van der Waals surface area contributed by atoms with Gasteiger partial charge in [0.25, 0.3) is 0 Å². The molecule has 1 heterocycles. The highest BCUT2D eigenvalue weighted by molar-refractivity contribution is 5.90. The zero-order valence-electron chi connectivity index (χ0n) is 7.13. The van der Waals surface area contributed by atoms with E-state index in [4.69, 9.17) is 0 Å². The predicted molar refractivity (Wildman–Crippen MR) is 40.3 cm³/mol. The zero-order chi connectivity index (χ0) is 10.1. The molecular formula is C8H9FO4. The molecule has 72 valence electrons. The summed E-state index contributed by atoms with van der Waals surface area (Å²) in [5, 5.41) is 0. The Hall–Kier alpha value is -1.39. The number of carbonyl (C=O) groups excluding carboxylic acids is 2. The Morgan fingerprint density at radius 2 is 2.38 bits per heavy atom. The van der Waals surface area contributed by atoms with Crippen molar-refractivity contribution < 1.29 is 23.5 Å². The van der Waals surface area contributed by atoms with Crippen LogP contribution in [0.1, 0.15) is 13.3 Å². The molecule has 0 saturated carbocycles. The summed E-state index contributed by atoms with van der Waals surface area (Å²) < 4.78 is 22.0. The van der Waals surface area contributed by atoms with Gasteiger partial charge in [0.2, 0.25) is 0 Å². The first-order valence-corrected chi connectivity index (χ1v) is 3.71. The molecule has 0 spiro atoms. The van der Waals surface area contributed by atoms with Crippen LogP contribution in [-0.4, -0.2) is 24.4 Å². The number of hydrogen-bond acceptors (Lipinski definition) is 4. The molecule has 0 aromatic rings. The molecule has 1 aliphatic heterocycles. The van der Waals surface area contributed by atoms with Crippen molar-refractivity contribution in [2.45, 2.75) is 19.2 Å². The van der Waals surface area contributed by atoms with Crippen molar-refractivity contribution in [2.75, 3.05) is 6.61 Å². The van der Waals surface area contributed by atoms with Crippen LogP contribution in [0, 0.1) is 0 Å². The van der Waals surface area contributed by atoms with E-state index in [1.165, 1.54) is 6.92 Å². The lowest BCUT2D eigenvalue weighted by Gasteiger charge is -2.14. The summed E-state index contributed by atoms with van der Waals surface area (Å²) in [6.45, 7) is 4.56. The number of carbonyl (C=O) groups is 2. The average molecular weight is 188 g/mol. The van der Waals surface area contributed by atoms with Gasteiger partial charge >= 0.3 is 17.8 Å². The summed E-state index contributed by atoms with van der Waals surface area (Å²) in [5.74, 6) is -4.70. The first-order valence-electron chi connectivity index (χ1n) is 3.71. The zero-order valence-corrected chi connectivity index (χ0v) is 7.13. The van der Waals surface area contributed by atoms with Crippen LogP contribution in [0.2, 0.25) is 0 Å². The van der Waals surface area contributed by atoms with Crippen molar-refractivity contribution in [2.24, 2.45) is 0 Å². The lowest BCUT2D eigenvalue weighted by atomic mass is 10.2. The molecule has 5 heteroatoms. The third kappa shape index (κ3) is 1.85. The van der Waals surface area contributed by atoms with Crippen molar-refractivity contribution in [3.63, 3.8) is 0 Å². The van der Waals surface area contributed by atoms with Gasteiger partial charge in [-0.1, -0.05) is 6.58 Å². The van der Waals surface area contributed by atoms with Gasteiger partial charge in [-0.2, -0.15) is 4.39 Å². The van der Waals surface area contributed by atoms with Gasteiger partial charge in [0.1, 0.15) is 0 Å². The van der Waals surface area contributed by atoms with Crippen LogP contribution in [0.15, 0.2) is 12.2 Å². The highest BCUT2D eigenvalue weighted by Gasteiger charge is 2.49. The van der Waals surface area contributed by atoms with E-state index < -0.39 is 17.8 Å². The molecule has 1 aliphatic rings. The SMILES string of the molecule is C=C(C)C(=O)OC1(F)CCOC1=O. The van der Waals surface area contributed by atoms with Gasteiger partial charge in [0.05, 0.1) is 13.0 Å². The number of ether oxygens (including phenoxy) is 2. The molecule has 0 bridgehead atoms. The maximum atomic E-state index is 13.4. The first kappa shape index (κ1) is 9.70. The van der Waals surface area contributed by atoms with Gasteiger partial charge in [0.15, 0.2) is 0 Å². The quantitative estimate of drug-likeness (QED) is 0.473. The molecule has 1 fully saturated rings. The van der Waals surface area contributed by atoms with E-state index in [0.29, 0.717) is 0 Å². The second-order valence-electron chi connectivity index (χ2n) is 2.78. The lowest BCUT2D eigenvalue weighted by molar-refractivity contribution is -0.189. The minimum atomic E-state index is -2.62. The van der Waals surface area contributed by atoms with Gasteiger partial charge in [-0.25, -0.2) is 9.59 Å².